The van der Waals surface area contributed by atoms with Gasteiger partial charge in [-0.3, -0.25) is 0 Å². The topological polar surface area (TPSA) is 41.1 Å². The number of hydrogen-bond donors (Lipinski definition) is 0. The number of aromatic nitrogens is 2. The predicted molar refractivity (Wildman–Crippen MR) is 54.0 cm³/mol. The van der Waals surface area contributed by atoms with Crippen LogP contribution in [-0.2, 0) is 0 Å². The number of fused-ring (bicyclic) bond motifs is 1. The molecule has 0 N–H and O–H groups in total. The number of aryl methyl sites for hydroxylation is 1. The largest absolute Gasteiger partial charge is 0.302 e. The Balaban J connectivity index is 2.75. The molecule has 0 saturated heterocycles. The molecule has 14 heavy (non-hydrogen) atoms. The lowest BCUT2D eigenvalue weighted by Crippen LogP contribution is -1.97. The molecular formula is C11H11N3. The minimum Gasteiger partial charge on any atom is -0.302 e. The van der Waals surface area contributed by atoms with Crippen molar-refractivity contribution >= 4 is 5.65 Å². The maximum absolute atomic E-state index is 8.90. The molecule has 2 heterocycles. The molecule has 1 atom stereocenters. The Morgan fingerprint density at radius 2 is 2.29 bits per heavy atom. The van der Waals surface area contributed by atoms with Gasteiger partial charge in [-0.05, 0) is 26.0 Å². The lowest BCUT2D eigenvalue weighted by Gasteiger charge is -2.03. The van der Waals surface area contributed by atoms with Crippen LogP contribution in [-0.4, -0.2) is 9.38 Å². The maximum atomic E-state index is 8.90. The molecule has 2 aromatic heterocycles. The lowest BCUT2D eigenvalue weighted by atomic mass is 10.1. The highest BCUT2D eigenvalue weighted by molar-refractivity contribution is 5.44. The van der Waals surface area contributed by atoms with Crippen molar-refractivity contribution in [3.05, 3.63) is 35.8 Å². The molecule has 0 fully saturated rings. The van der Waals surface area contributed by atoms with Crippen LogP contribution in [0.4, 0.5) is 0 Å². The molecule has 0 spiro atoms. The second kappa shape index (κ2) is 3.15. The summed E-state index contributed by atoms with van der Waals surface area (Å²) in [6.07, 6.45) is 1.94. The van der Waals surface area contributed by atoms with E-state index in [1.165, 1.54) is 0 Å². The van der Waals surface area contributed by atoms with Crippen molar-refractivity contribution in [2.45, 2.75) is 19.8 Å². The third-order valence-corrected chi connectivity index (χ3v) is 2.35. The monoisotopic (exact) mass is 185 g/mol. The fraction of sp³-hybridized carbons (Fsp3) is 0.273. The summed E-state index contributed by atoms with van der Waals surface area (Å²) in [6.45, 7) is 3.83. The van der Waals surface area contributed by atoms with E-state index in [0.717, 1.165) is 17.0 Å². The van der Waals surface area contributed by atoms with E-state index in [1.54, 1.807) is 0 Å². The highest BCUT2D eigenvalue weighted by atomic mass is 15.0. The summed E-state index contributed by atoms with van der Waals surface area (Å²) in [4.78, 5) is 4.39. The van der Waals surface area contributed by atoms with Gasteiger partial charge in [0.05, 0.1) is 23.4 Å². The minimum absolute atomic E-state index is 0.118. The smallest absolute Gasteiger partial charge is 0.137 e. The zero-order valence-corrected chi connectivity index (χ0v) is 8.23. The van der Waals surface area contributed by atoms with E-state index in [9.17, 15) is 0 Å². The second-order valence-corrected chi connectivity index (χ2v) is 3.36. The third-order valence-electron chi connectivity index (χ3n) is 2.35. The van der Waals surface area contributed by atoms with Crippen molar-refractivity contribution in [1.29, 1.82) is 5.26 Å². The van der Waals surface area contributed by atoms with E-state index in [0.29, 0.717) is 0 Å². The Bertz CT molecular complexity index is 505. The maximum Gasteiger partial charge on any atom is 0.137 e. The number of nitriles is 1. The Morgan fingerprint density at radius 1 is 1.50 bits per heavy atom. The zero-order chi connectivity index (χ0) is 10.1. The standard InChI is InChI=1S/C11H11N3/c1-8(7-12)11-9(2)13-10-5-3-4-6-14(10)11/h3-6,8H,1-2H3. The molecule has 0 bridgehead atoms. The minimum atomic E-state index is -0.118. The van der Waals surface area contributed by atoms with Crippen LogP contribution in [0.25, 0.3) is 5.65 Å². The molecule has 2 rings (SSSR count). The molecule has 2 aromatic rings. The molecular weight excluding hydrogens is 174 g/mol. The van der Waals surface area contributed by atoms with E-state index in [1.807, 2.05) is 42.6 Å². The quantitative estimate of drug-likeness (QED) is 0.683. The molecule has 3 nitrogen and oxygen atoms in total. The van der Waals surface area contributed by atoms with Crippen molar-refractivity contribution in [3.8, 4) is 6.07 Å². The van der Waals surface area contributed by atoms with Gasteiger partial charge in [0.15, 0.2) is 0 Å². The van der Waals surface area contributed by atoms with Crippen LogP contribution in [0.3, 0.4) is 0 Å². The van der Waals surface area contributed by atoms with Gasteiger partial charge in [-0.2, -0.15) is 5.26 Å². The van der Waals surface area contributed by atoms with Gasteiger partial charge in [0.1, 0.15) is 5.65 Å². The van der Waals surface area contributed by atoms with Crippen LogP contribution >= 0.6 is 0 Å². The molecule has 0 aliphatic heterocycles. The van der Waals surface area contributed by atoms with Crippen LogP contribution in [0.1, 0.15) is 24.2 Å². The number of rotatable bonds is 1. The molecule has 0 aromatic carbocycles. The summed E-state index contributed by atoms with van der Waals surface area (Å²) < 4.78 is 1.98. The van der Waals surface area contributed by atoms with E-state index in [2.05, 4.69) is 11.1 Å². The van der Waals surface area contributed by atoms with E-state index < -0.39 is 0 Å². The summed E-state index contributed by atoms with van der Waals surface area (Å²) in [5.41, 5.74) is 2.83. The molecule has 3 heteroatoms. The highest BCUT2D eigenvalue weighted by Gasteiger charge is 2.13. The summed E-state index contributed by atoms with van der Waals surface area (Å²) in [5, 5.41) is 8.90. The Morgan fingerprint density at radius 3 is 3.00 bits per heavy atom. The van der Waals surface area contributed by atoms with Crippen LogP contribution in [0, 0.1) is 18.3 Å². The first kappa shape index (κ1) is 8.76. The summed E-state index contributed by atoms with van der Waals surface area (Å²) >= 11 is 0. The zero-order valence-electron chi connectivity index (χ0n) is 8.23. The fourth-order valence-corrected chi connectivity index (χ4v) is 1.72. The first-order valence-corrected chi connectivity index (χ1v) is 4.57. The van der Waals surface area contributed by atoms with Gasteiger partial charge < -0.3 is 4.40 Å². The van der Waals surface area contributed by atoms with E-state index in [4.69, 9.17) is 5.26 Å². The molecule has 0 amide bonds. The van der Waals surface area contributed by atoms with Crippen molar-refractivity contribution in [1.82, 2.24) is 9.38 Å². The number of imidazole rings is 1. The van der Waals surface area contributed by atoms with Gasteiger partial charge in [0.2, 0.25) is 0 Å². The number of nitrogens with zero attached hydrogens (tertiary/aromatic N) is 3. The molecule has 1 unspecified atom stereocenters. The summed E-state index contributed by atoms with van der Waals surface area (Å²) in [6, 6.07) is 8.08. The van der Waals surface area contributed by atoms with Gasteiger partial charge in [-0.25, -0.2) is 4.98 Å². The van der Waals surface area contributed by atoms with Crippen molar-refractivity contribution in [2.75, 3.05) is 0 Å². The average Bonchev–Trinajstić information content (AvgIpc) is 2.53. The van der Waals surface area contributed by atoms with Crippen molar-refractivity contribution in [2.24, 2.45) is 0 Å². The Labute approximate surface area is 82.6 Å². The second-order valence-electron chi connectivity index (χ2n) is 3.36. The SMILES string of the molecule is Cc1nc2ccccn2c1C(C)C#N. The van der Waals surface area contributed by atoms with Crippen LogP contribution < -0.4 is 0 Å². The van der Waals surface area contributed by atoms with Gasteiger partial charge in [0.25, 0.3) is 0 Å². The van der Waals surface area contributed by atoms with E-state index >= 15 is 0 Å². The average molecular weight is 185 g/mol. The number of hydrogen-bond acceptors (Lipinski definition) is 2. The van der Waals surface area contributed by atoms with Crippen LogP contribution in [0.15, 0.2) is 24.4 Å². The number of pyridine rings is 1. The van der Waals surface area contributed by atoms with Gasteiger partial charge in [-0.15, -0.1) is 0 Å². The molecule has 0 aliphatic carbocycles. The normalized spacial score (nSPS) is 12.6. The summed E-state index contributed by atoms with van der Waals surface area (Å²) in [5.74, 6) is -0.118. The molecule has 0 aliphatic rings. The van der Waals surface area contributed by atoms with Crippen LogP contribution in [0.5, 0.6) is 0 Å². The molecule has 70 valence electrons. The first-order chi connectivity index (χ1) is 6.74. The van der Waals surface area contributed by atoms with Gasteiger partial charge >= 0.3 is 0 Å². The fourth-order valence-electron chi connectivity index (χ4n) is 1.72. The summed E-state index contributed by atoms with van der Waals surface area (Å²) in [7, 11) is 0. The highest BCUT2D eigenvalue weighted by Crippen LogP contribution is 2.20. The third kappa shape index (κ3) is 1.16. The Hall–Kier alpha value is -1.82. The first-order valence-electron chi connectivity index (χ1n) is 4.57. The Kier molecular flexibility index (Phi) is 1.97. The molecule has 0 saturated carbocycles. The van der Waals surface area contributed by atoms with Crippen molar-refractivity contribution < 1.29 is 0 Å². The lowest BCUT2D eigenvalue weighted by molar-refractivity contribution is 0.884. The van der Waals surface area contributed by atoms with E-state index in [-0.39, 0.29) is 5.92 Å². The van der Waals surface area contributed by atoms with Crippen molar-refractivity contribution in [3.63, 3.8) is 0 Å². The van der Waals surface area contributed by atoms with Gasteiger partial charge in [0, 0.05) is 6.20 Å². The molecule has 0 radical (unpaired) electrons. The predicted octanol–water partition coefficient (Wildman–Crippen LogP) is 2.27. The van der Waals surface area contributed by atoms with Gasteiger partial charge in [-0.1, -0.05) is 6.07 Å². The van der Waals surface area contributed by atoms with Crippen LogP contribution in [0.2, 0.25) is 0 Å².